The molecule has 0 aliphatic carbocycles. The van der Waals surface area contributed by atoms with Crippen LogP contribution in [-0.4, -0.2) is 52.9 Å². The molecule has 0 saturated carbocycles. The Labute approximate surface area is 116 Å². The van der Waals surface area contributed by atoms with Crippen LogP contribution in [0.5, 0.6) is 0 Å². The van der Waals surface area contributed by atoms with Crippen LogP contribution in [0, 0.1) is 0 Å². The molecule has 1 aromatic rings. The van der Waals surface area contributed by atoms with Gasteiger partial charge in [-0.3, -0.25) is 5.32 Å². The summed E-state index contributed by atoms with van der Waals surface area (Å²) in [6.07, 6.45) is 1.03. The van der Waals surface area contributed by atoms with Crippen LogP contribution in [0.15, 0.2) is 18.3 Å². The SMILES string of the molecule is CC1CN(C(=O)Nc2ccc(Cl)cn2)CC(CO)O1. The van der Waals surface area contributed by atoms with Crippen molar-refractivity contribution >= 4 is 23.4 Å². The van der Waals surface area contributed by atoms with E-state index in [1.165, 1.54) is 6.20 Å². The molecule has 1 aliphatic heterocycles. The fourth-order valence-electron chi connectivity index (χ4n) is 1.95. The summed E-state index contributed by atoms with van der Waals surface area (Å²) in [5.74, 6) is 0.439. The Morgan fingerprint density at radius 2 is 2.42 bits per heavy atom. The number of amides is 2. The number of ether oxygens (including phenoxy) is 1. The molecule has 2 unspecified atom stereocenters. The highest BCUT2D eigenvalue weighted by Crippen LogP contribution is 2.14. The average Bonchev–Trinajstić information content (AvgIpc) is 2.40. The van der Waals surface area contributed by atoms with E-state index in [0.29, 0.717) is 23.9 Å². The van der Waals surface area contributed by atoms with Gasteiger partial charge in [0.1, 0.15) is 5.82 Å². The lowest BCUT2D eigenvalue weighted by atomic mass is 10.2. The van der Waals surface area contributed by atoms with E-state index in [9.17, 15) is 4.79 Å². The van der Waals surface area contributed by atoms with Crippen molar-refractivity contribution in [2.24, 2.45) is 0 Å². The molecule has 7 heteroatoms. The van der Waals surface area contributed by atoms with E-state index in [1.807, 2.05) is 6.92 Å². The Morgan fingerprint density at radius 3 is 3.05 bits per heavy atom. The Bertz CT molecular complexity index is 440. The second-order valence-electron chi connectivity index (χ2n) is 4.45. The third-order valence-corrected chi connectivity index (χ3v) is 3.00. The zero-order valence-corrected chi connectivity index (χ0v) is 11.3. The number of hydrogen-bond donors (Lipinski definition) is 2. The molecule has 104 valence electrons. The number of pyridine rings is 1. The van der Waals surface area contributed by atoms with Crippen LogP contribution in [0.25, 0.3) is 0 Å². The lowest BCUT2D eigenvalue weighted by molar-refractivity contribution is -0.0822. The van der Waals surface area contributed by atoms with Gasteiger partial charge in [-0.15, -0.1) is 0 Å². The molecule has 2 heterocycles. The minimum absolute atomic E-state index is 0.102. The minimum atomic E-state index is -0.340. The second-order valence-corrected chi connectivity index (χ2v) is 4.88. The Balaban J connectivity index is 1.97. The molecular formula is C12H16ClN3O3. The minimum Gasteiger partial charge on any atom is -0.394 e. The van der Waals surface area contributed by atoms with Gasteiger partial charge in [0.25, 0.3) is 0 Å². The summed E-state index contributed by atoms with van der Waals surface area (Å²) in [4.78, 5) is 17.7. The van der Waals surface area contributed by atoms with Gasteiger partial charge < -0.3 is 14.7 Å². The van der Waals surface area contributed by atoms with Crippen molar-refractivity contribution in [2.75, 3.05) is 25.0 Å². The van der Waals surface area contributed by atoms with Gasteiger partial charge in [-0.25, -0.2) is 9.78 Å². The Morgan fingerprint density at radius 1 is 1.63 bits per heavy atom. The van der Waals surface area contributed by atoms with Crippen LogP contribution >= 0.6 is 11.6 Å². The summed E-state index contributed by atoms with van der Waals surface area (Å²) in [7, 11) is 0. The van der Waals surface area contributed by atoms with Crippen LogP contribution in [0.4, 0.5) is 10.6 Å². The van der Waals surface area contributed by atoms with Gasteiger partial charge in [0, 0.05) is 12.7 Å². The largest absolute Gasteiger partial charge is 0.394 e. The molecule has 0 aromatic carbocycles. The number of aliphatic hydroxyl groups is 1. The molecule has 6 nitrogen and oxygen atoms in total. The number of nitrogens with zero attached hydrogens (tertiary/aromatic N) is 2. The summed E-state index contributed by atoms with van der Waals surface area (Å²) < 4.78 is 5.48. The molecule has 0 spiro atoms. The molecule has 2 N–H and O–H groups in total. The average molecular weight is 286 g/mol. The van der Waals surface area contributed by atoms with Crippen molar-refractivity contribution in [3.8, 4) is 0 Å². The summed E-state index contributed by atoms with van der Waals surface area (Å²) in [5, 5.41) is 12.3. The van der Waals surface area contributed by atoms with Gasteiger partial charge in [0.15, 0.2) is 0 Å². The summed E-state index contributed by atoms with van der Waals surface area (Å²) in [6.45, 7) is 2.60. The molecule has 1 fully saturated rings. The number of anilines is 1. The van der Waals surface area contributed by atoms with E-state index in [2.05, 4.69) is 10.3 Å². The van der Waals surface area contributed by atoms with Gasteiger partial charge in [-0.05, 0) is 19.1 Å². The van der Waals surface area contributed by atoms with Gasteiger partial charge in [0.05, 0.1) is 30.4 Å². The summed E-state index contributed by atoms with van der Waals surface area (Å²) >= 11 is 5.72. The first-order valence-corrected chi connectivity index (χ1v) is 6.40. The number of carbonyl (C=O) groups is 1. The molecule has 0 radical (unpaired) electrons. The standard InChI is InChI=1S/C12H16ClN3O3/c1-8-5-16(6-10(7-17)19-8)12(18)15-11-3-2-9(13)4-14-11/h2-4,8,10,17H,5-7H2,1H3,(H,14,15,18). The Kier molecular flexibility index (Phi) is 4.57. The number of aromatic nitrogens is 1. The van der Waals surface area contributed by atoms with Crippen molar-refractivity contribution in [2.45, 2.75) is 19.1 Å². The van der Waals surface area contributed by atoms with Crippen LogP contribution < -0.4 is 5.32 Å². The van der Waals surface area contributed by atoms with E-state index < -0.39 is 0 Å². The summed E-state index contributed by atoms with van der Waals surface area (Å²) in [5.41, 5.74) is 0. The van der Waals surface area contributed by atoms with Crippen LogP contribution in [0.2, 0.25) is 5.02 Å². The predicted molar refractivity (Wildman–Crippen MR) is 71.3 cm³/mol. The number of hydrogen-bond acceptors (Lipinski definition) is 4. The van der Waals surface area contributed by atoms with Crippen molar-refractivity contribution in [1.82, 2.24) is 9.88 Å². The number of carbonyl (C=O) groups excluding carboxylic acids is 1. The number of aliphatic hydroxyl groups excluding tert-OH is 1. The van der Waals surface area contributed by atoms with E-state index in [0.717, 1.165) is 0 Å². The van der Waals surface area contributed by atoms with E-state index in [-0.39, 0.29) is 24.8 Å². The third-order valence-electron chi connectivity index (χ3n) is 2.78. The topological polar surface area (TPSA) is 74.7 Å². The maximum atomic E-state index is 12.1. The quantitative estimate of drug-likeness (QED) is 0.860. The van der Waals surface area contributed by atoms with E-state index >= 15 is 0 Å². The molecule has 2 amide bonds. The molecule has 1 aliphatic rings. The molecule has 2 rings (SSSR count). The number of halogens is 1. The highest BCUT2D eigenvalue weighted by molar-refractivity contribution is 6.30. The zero-order valence-electron chi connectivity index (χ0n) is 10.5. The number of rotatable bonds is 2. The molecule has 1 aromatic heterocycles. The van der Waals surface area contributed by atoms with Gasteiger partial charge >= 0.3 is 6.03 Å². The normalized spacial score (nSPS) is 23.2. The summed E-state index contributed by atoms with van der Waals surface area (Å²) in [6, 6.07) is 3.03. The fraction of sp³-hybridized carbons (Fsp3) is 0.500. The van der Waals surface area contributed by atoms with E-state index in [1.54, 1.807) is 17.0 Å². The molecular weight excluding hydrogens is 270 g/mol. The first kappa shape index (κ1) is 14.0. The van der Waals surface area contributed by atoms with E-state index in [4.69, 9.17) is 21.4 Å². The molecule has 1 saturated heterocycles. The number of urea groups is 1. The number of nitrogens with one attached hydrogen (secondary N) is 1. The first-order valence-electron chi connectivity index (χ1n) is 6.02. The van der Waals surface area contributed by atoms with Gasteiger partial charge in [-0.1, -0.05) is 11.6 Å². The first-order chi connectivity index (χ1) is 9.08. The van der Waals surface area contributed by atoms with Crippen molar-refractivity contribution in [3.63, 3.8) is 0 Å². The third kappa shape index (κ3) is 3.79. The van der Waals surface area contributed by atoms with Crippen LogP contribution in [0.3, 0.4) is 0 Å². The van der Waals surface area contributed by atoms with Gasteiger partial charge in [-0.2, -0.15) is 0 Å². The van der Waals surface area contributed by atoms with Gasteiger partial charge in [0.2, 0.25) is 0 Å². The van der Waals surface area contributed by atoms with Crippen molar-refractivity contribution in [3.05, 3.63) is 23.4 Å². The predicted octanol–water partition coefficient (Wildman–Crippen LogP) is 1.35. The van der Waals surface area contributed by atoms with Crippen molar-refractivity contribution in [1.29, 1.82) is 0 Å². The van der Waals surface area contributed by atoms with Crippen LogP contribution in [0.1, 0.15) is 6.92 Å². The monoisotopic (exact) mass is 285 g/mol. The molecule has 2 atom stereocenters. The number of morpholine rings is 1. The smallest absolute Gasteiger partial charge is 0.323 e. The maximum Gasteiger partial charge on any atom is 0.323 e. The molecule has 19 heavy (non-hydrogen) atoms. The lowest BCUT2D eigenvalue weighted by Gasteiger charge is -2.35. The highest BCUT2D eigenvalue weighted by atomic mass is 35.5. The fourth-order valence-corrected chi connectivity index (χ4v) is 2.06. The van der Waals surface area contributed by atoms with Crippen molar-refractivity contribution < 1.29 is 14.6 Å². The lowest BCUT2D eigenvalue weighted by Crippen LogP contribution is -2.51. The zero-order chi connectivity index (χ0) is 13.8. The molecule has 0 bridgehead atoms. The highest BCUT2D eigenvalue weighted by Gasteiger charge is 2.28. The second kappa shape index (κ2) is 6.18. The Hall–Kier alpha value is -1.37. The maximum absolute atomic E-state index is 12.1. The van der Waals surface area contributed by atoms with Crippen LogP contribution in [-0.2, 0) is 4.74 Å².